The van der Waals surface area contributed by atoms with Crippen molar-refractivity contribution in [3.05, 3.63) is 17.1 Å². The summed E-state index contributed by atoms with van der Waals surface area (Å²) in [7, 11) is 1.59. The van der Waals surface area contributed by atoms with E-state index in [0.717, 1.165) is 17.9 Å². The summed E-state index contributed by atoms with van der Waals surface area (Å²) in [5.74, 6) is 0.838. The fourth-order valence-electron chi connectivity index (χ4n) is 0.889. The first-order valence-electron chi connectivity index (χ1n) is 4.89. The van der Waals surface area contributed by atoms with E-state index in [1.54, 1.807) is 7.05 Å². The molecule has 90 valence electrons. The average Bonchev–Trinajstić information content (AvgIpc) is 2.80. The molecule has 2 N–H and O–H groups in total. The van der Waals surface area contributed by atoms with Gasteiger partial charge in [-0.2, -0.15) is 4.37 Å². The van der Waals surface area contributed by atoms with Crippen LogP contribution in [-0.4, -0.2) is 29.8 Å². The van der Waals surface area contributed by atoms with Gasteiger partial charge in [0.25, 0.3) is 0 Å². The second kappa shape index (κ2) is 8.37. The molecule has 0 saturated heterocycles. The van der Waals surface area contributed by atoms with E-state index in [0.29, 0.717) is 13.2 Å². The van der Waals surface area contributed by atoms with Gasteiger partial charge in [-0.3, -0.25) is 4.72 Å². The summed E-state index contributed by atoms with van der Waals surface area (Å²) in [6, 6.07) is 1.78. The number of hydrogen-bond donors (Lipinski definition) is 2. The van der Waals surface area contributed by atoms with E-state index in [2.05, 4.69) is 14.4 Å². The number of amides is 2. The number of carbonyl (C=O) groups excluding carboxylic acids is 1. The van der Waals surface area contributed by atoms with E-state index in [1.165, 1.54) is 23.5 Å². The van der Waals surface area contributed by atoms with Crippen molar-refractivity contribution < 1.29 is 9.53 Å². The molecule has 1 aromatic rings. The van der Waals surface area contributed by atoms with Crippen molar-refractivity contribution in [3.8, 4) is 0 Å². The van der Waals surface area contributed by atoms with Gasteiger partial charge in [-0.1, -0.05) is 0 Å². The van der Waals surface area contributed by atoms with Gasteiger partial charge < -0.3 is 10.1 Å². The zero-order valence-corrected chi connectivity index (χ0v) is 10.7. The highest BCUT2D eigenvalue weighted by Crippen LogP contribution is 2.02. The zero-order valence-electron chi connectivity index (χ0n) is 9.06. The van der Waals surface area contributed by atoms with E-state index in [1.807, 2.05) is 11.4 Å². The molecule has 0 aliphatic heterocycles. The fourth-order valence-corrected chi connectivity index (χ4v) is 2.01. The molecule has 2 amide bonds. The smallest absolute Gasteiger partial charge is 0.324 e. The minimum atomic E-state index is -0.173. The van der Waals surface area contributed by atoms with Crippen LogP contribution in [0.5, 0.6) is 0 Å². The first kappa shape index (κ1) is 13.3. The number of carbonyl (C=O) groups is 1. The lowest BCUT2D eigenvalue weighted by molar-refractivity contribution is 0.120. The molecule has 16 heavy (non-hydrogen) atoms. The SMILES string of the molecule is CNC(=O)NSCCCOCc1ccsn1. The minimum absolute atomic E-state index is 0.173. The summed E-state index contributed by atoms with van der Waals surface area (Å²) in [5.41, 5.74) is 0.973. The van der Waals surface area contributed by atoms with Crippen LogP contribution in [0.15, 0.2) is 11.4 Å². The van der Waals surface area contributed by atoms with E-state index < -0.39 is 0 Å². The highest BCUT2D eigenvalue weighted by Gasteiger charge is 1.97. The molecule has 5 nitrogen and oxygen atoms in total. The maximum Gasteiger partial charge on any atom is 0.324 e. The van der Waals surface area contributed by atoms with Crippen LogP contribution in [0, 0.1) is 0 Å². The van der Waals surface area contributed by atoms with Gasteiger partial charge in [0.15, 0.2) is 0 Å². The molecule has 0 spiro atoms. The first-order chi connectivity index (χ1) is 7.83. The molecule has 1 rings (SSSR count). The third-order valence-electron chi connectivity index (χ3n) is 1.67. The molecule has 0 bridgehead atoms. The second-order valence-electron chi connectivity index (χ2n) is 2.93. The summed E-state index contributed by atoms with van der Waals surface area (Å²) in [5, 5.41) is 4.41. The van der Waals surface area contributed by atoms with Crippen LogP contribution in [-0.2, 0) is 11.3 Å². The molecule has 0 fully saturated rings. The molecule has 1 heterocycles. The van der Waals surface area contributed by atoms with Gasteiger partial charge in [0, 0.05) is 24.8 Å². The van der Waals surface area contributed by atoms with E-state index in [-0.39, 0.29) is 6.03 Å². The van der Waals surface area contributed by atoms with E-state index in [4.69, 9.17) is 4.74 Å². The van der Waals surface area contributed by atoms with Crippen LogP contribution >= 0.6 is 23.5 Å². The number of aromatic nitrogens is 1. The lowest BCUT2D eigenvalue weighted by atomic mass is 10.4. The van der Waals surface area contributed by atoms with Gasteiger partial charge in [-0.15, -0.1) is 0 Å². The molecule has 0 saturated carbocycles. The summed E-state index contributed by atoms with van der Waals surface area (Å²) in [4.78, 5) is 10.8. The molecule has 7 heteroatoms. The van der Waals surface area contributed by atoms with Crippen molar-refractivity contribution in [1.29, 1.82) is 0 Å². The van der Waals surface area contributed by atoms with E-state index >= 15 is 0 Å². The number of nitrogens with one attached hydrogen (secondary N) is 2. The predicted octanol–water partition coefficient (Wildman–Crippen LogP) is 1.63. The second-order valence-corrected chi connectivity index (χ2v) is 4.49. The summed E-state index contributed by atoms with van der Waals surface area (Å²) >= 11 is 2.81. The molecular weight excluding hydrogens is 246 g/mol. The van der Waals surface area contributed by atoms with Gasteiger partial charge in [0.05, 0.1) is 12.3 Å². The van der Waals surface area contributed by atoms with Crippen molar-refractivity contribution in [2.24, 2.45) is 0 Å². The monoisotopic (exact) mass is 261 g/mol. The molecule has 0 radical (unpaired) electrons. The normalized spacial score (nSPS) is 10.1. The molecular formula is C9H15N3O2S2. The number of ether oxygens (including phenoxy) is 1. The largest absolute Gasteiger partial charge is 0.375 e. The lowest BCUT2D eigenvalue weighted by Crippen LogP contribution is -2.27. The minimum Gasteiger partial charge on any atom is -0.375 e. The van der Waals surface area contributed by atoms with Crippen molar-refractivity contribution in [2.75, 3.05) is 19.4 Å². The van der Waals surface area contributed by atoms with E-state index in [9.17, 15) is 4.79 Å². The van der Waals surface area contributed by atoms with Gasteiger partial charge in [-0.05, 0) is 36.0 Å². The molecule has 1 aromatic heterocycles. The fraction of sp³-hybridized carbons (Fsp3) is 0.556. The van der Waals surface area contributed by atoms with Crippen molar-refractivity contribution in [3.63, 3.8) is 0 Å². The Bertz CT molecular complexity index is 293. The zero-order chi connectivity index (χ0) is 11.6. The molecule has 0 aliphatic rings. The predicted molar refractivity (Wildman–Crippen MR) is 66.4 cm³/mol. The number of rotatable bonds is 7. The Balaban J connectivity index is 1.87. The lowest BCUT2D eigenvalue weighted by Gasteiger charge is -2.03. The Morgan fingerprint density at radius 1 is 1.69 bits per heavy atom. The van der Waals surface area contributed by atoms with Crippen molar-refractivity contribution in [1.82, 2.24) is 14.4 Å². The van der Waals surface area contributed by atoms with Crippen LogP contribution < -0.4 is 10.0 Å². The summed E-state index contributed by atoms with van der Waals surface area (Å²) in [6.45, 7) is 1.25. The number of nitrogens with zero attached hydrogens (tertiary/aromatic N) is 1. The average molecular weight is 261 g/mol. The molecule has 0 aliphatic carbocycles. The topological polar surface area (TPSA) is 63.2 Å². The van der Waals surface area contributed by atoms with Gasteiger partial charge in [-0.25, -0.2) is 4.79 Å². The standard InChI is InChI=1S/C9H15N3O2S2/c1-10-9(13)12-15-5-2-4-14-7-8-3-6-16-11-8/h3,6H,2,4-5,7H2,1H3,(H2,10,12,13). The van der Waals surface area contributed by atoms with Crippen LogP contribution in [0.25, 0.3) is 0 Å². The number of hydrogen-bond acceptors (Lipinski definition) is 5. The van der Waals surface area contributed by atoms with Crippen LogP contribution in [0.2, 0.25) is 0 Å². The quantitative estimate of drug-likeness (QED) is 0.578. The first-order valence-corrected chi connectivity index (χ1v) is 6.71. The third kappa shape index (κ3) is 5.94. The van der Waals surface area contributed by atoms with Crippen LogP contribution in [0.3, 0.4) is 0 Å². The summed E-state index contributed by atoms with van der Waals surface area (Å²) < 4.78 is 12.2. The highest BCUT2D eigenvalue weighted by molar-refractivity contribution is 7.97. The van der Waals surface area contributed by atoms with Crippen LogP contribution in [0.4, 0.5) is 4.79 Å². The highest BCUT2D eigenvalue weighted by atomic mass is 32.2. The third-order valence-corrected chi connectivity index (χ3v) is 3.09. The van der Waals surface area contributed by atoms with Crippen LogP contribution in [0.1, 0.15) is 12.1 Å². The van der Waals surface area contributed by atoms with Gasteiger partial charge >= 0.3 is 6.03 Å². The maximum atomic E-state index is 10.8. The van der Waals surface area contributed by atoms with Crippen molar-refractivity contribution in [2.45, 2.75) is 13.0 Å². The Morgan fingerprint density at radius 3 is 3.25 bits per heavy atom. The van der Waals surface area contributed by atoms with Gasteiger partial charge in [0.1, 0.15) is 0 Å². The Labute approximate surface area is 103 Å². The molecule has 0 aromatic carbocycles. The Kier molecular flexibility index (Phi) is 6.95. The van der Waals surface area contributed by atoms with Gasteiger partial charge in [0.2, 0.25) is 0 Å². The Hall–Kier alpha value is -0.790. The maximum absolute atomic E-state index is 10.8. The summed E-state index contributed by atoms with van der Waals surface area (Å²) in [6.07, 6.45) is 0.902. The van der Waals surface area contributed by atoms with Crippen molar-refractivity contribution >= 4 is 29.5 Å². The number of urea groups is 1. The molecule has 0 atom stereocenters. The molecule has 0 unspecified atom stereocenters. The Morgan fingerprint density at radius 2 is 2.56 bits per heavy atom.